The molecule has 1 saturated carbocycles. The average Bonchev–Trinajstić information content (AvgIpc) is 2.86. The van der Waals surface area contributed by atoms with E-state index in [0.717, 1.165) is 32.5 Å². The summed E-state index contributed by atoms with van der Waals surface area (Å²) in [6.07, 6.45) is 5.57. The molecule has 2 heterocycles. The summed E-state index contributed by atoms with van der Waals surface area (Å²) in [6.45, 7) is 3.04. The van der Waals surface area contributed by atoms with Crippen LogP contribution in [0.4, 0.5) is 0 Å². The summed E-state index contributed by atoms with van der Waals surface area (Å²) in [7, 11) is 0. The standard InChI is InChI=1S/C13H19NOS/c15-13(5-1-2-6-13)10-14-7-3-12-11(9-14)4-8-16-12/h4,8,15H,1-3,5-7,9-10H2. The van der Waals surface area contributed by atoms with Gasteiger partial charge in [0.15, 0.2) is 0 Å². The lowest BCUT2D eigenvalue weighted by molar-refractivity contribution is 0.00577. The van der Waals surface area contributed by atoms with Crippen LogP contribution in [0.15, 0.2) is 11.4 Å². The molecule has 2 aliphatic rings. The molecule has 0 spiro atoms. The fraction of sp³-hybridized carbons (Fsp3) is 0.692. The van der Waals surface area contributed by atoms with E-state index in [1.807, 2.05) is 11.3 Å². The summed E-state index contributed by atoms with van der Waals surface area (Å²) in [4.78, 5) is 3.98. The molecule has 3 rings (SSSR count). The van der Waals surface area contributed by atoms with Gasteiger partial charge in [0.25, 0.3) is 0 Å². The second kappa shape index (κ2) is 4.13. The van der Waals surface area contributed by atoms with Gasteiger partial charge in [-0.1, -0.05) is 12.8 Å². The van der Waals surface area contributed by atoms with Gasteiger partial charge in [-0.15, -0.1) is 11.3 Å². The molecule has 0 saturated heterocycles. The highest BCUT2D eigenvalue weighted by Crippen LogP contribution is 2.32. The SMILES string of the molecule is OC1(CN2CCc3sccc3C2)CCCC1. The Hall–Kier alpha value is -0.380. The van der Waals surface area contributed by atoms with E-state index in [1.165, 1.54) is 24.8 Å². The van der Waals surface area contributed by atoms with Crippen molar-refractivity contribution in [1.29, 1.82) is 0 Å². The van der Waals surface area contributed by atoms with Crippen LogP contribution in [0.2, 0.25) is 0 Å². The van der Waals surface area contributed by atoms with Crippen molar-refractivity contribution in [3.63, 3.8) is 0 Å². The zero-order valence-electron chi connectivity index (χ0n) is 9.61. The summed E-state index contributed by atoms with van der Waals surface area (Å²) in [5.41, 5.74) is 1.10. The van der Waals surface area contributed by atoms with Crippen LogP contribution < -0.4 is 0 Å². The fourth-order valence-corrected chi connectivity index (χ4v) is 3.94. The molecule has 0 radical (unpaired) electrons. The van der Waals surface area contributed by atoms with E-state index in [4.69, 9.17) is 0 Å². The molecule has 0 amide bonds. The van der Waals surface area contributed by atoms with Crippen molar-refractivity contribution in [2.45, 2.75) is 44.2 Å². The van der Waals surface area contributed by atoms with E-state index in [-0.39, 0.29) is 5.60 Å². The molecule has 1 aromatic heterocycles. The van der Waals surface area contributed by atoms with Gasteiger partial charge in [0.05, 0.1) is 5.60 Å². The molecule has 1 aliphatic carbocycles. The van der Waals surface area contributed by atoms with E-state index in [9.17, 15) is 5.11 Å². The van der Waals surface area contributed by atoms with Gasteiger partial charge in [-0.25, -0.2) is 0 Å². The van der Waals surface area contributed by atoms with Crippen LogP contribution in [0.1, 0.15) is 36.1 Å². The smallest absolute Gasteiger partial charge is 0.0774 e. The van der Waals surface area contributed by atoms with Crippen molar-refractivity contribution in [1.82, 2.24) is 4.90 Å². The number of nitrogens with zero attached hydrogens (tertiary/aromatic N) is 1. The lowest BCUT2D eigenvalue weighted by atomic mass is 10.00. The van der Waals surface area contributed by atoms with Gasteiger partial charge >= 0.3 is 0 Å². The van der Waals surface area contributed by atoms with Gasteiger partial charge < -0.3 is 5.11 Å². The number of fused-ring (bicyclic) bond motifs is 1. The van der Waals surface area contributed by atoms with Crippen LogP contribution in [0.3, 0.4) is 0 Å². The Morgan fingerprint density at radius 3 is 3.00 bits per heavy atom. The van der Waals surface area contributed by atoms with Crippen molar-refractivity contribution < 1.29 is 5.11 Å². The van der Waals surface area contributed by atoms with Crippen LogP contribution in [-0.2, 0) is 13.0 Å². The average molecular weight is 237 g/mol. The van der Waals surface area contributed by atoms with Gasteiger partial charge in [-0.05, 0) is 36.3 Å². The first-order valence-electron chi connectivity index (χ1n) is 6.25. The highest BCUT2D eigenvalue weighted by atomic mass is 32.1. The molecule has 0 unspecified atom stereocenters. The normalized spacial score (nSPS) is 24.6. The van der Waals surface area contributed by atoms with Crippen LogP contribution in [-0.4, -0.2) is 28.7 Å². The zero-order valence-corrected chi connectivity index (χ0v) is 10.4. The maximum atomic E-state index is 10.4. The first-order chi connectivity index (χ1) is 7.75. The third kappa shape index (κ3) is 2.04. The maximum Gasteiger partial charge on any atom is 0.0774 e. The number of rotatable bonds is 2. The third-order valence-corrected chi connectivity index (χ3v) is 4.96. The second-order valence-electron chi connectivity index (χ2n) is 5.26. The van der Waals surface area contributed by atoms with Gasteiger partial charge in [0, 0.05) is 24.5 Å². The maximum absolute atomic E-state index is 10.4. The van der Waals surface area contributed by atoms with E-state index in [1.54, 1.807) is 4.88 Å². The monoisotopic (exact) mass is 237 g/mol. The van der Waals surface area contributed by atoms with E-state index in [0.29, 0.717) is 0 Å². The van der Waals surface area contributed by atoms with Gasteiger partial charge in [0.1, 0.15) is 0 Å². The summed E-state index contributed by atoms with van der Waals surface area (Å²) in [6, 6.07) is 2.24. The van der Waals surface area contributed by atoms with Gasteiger partial charge in [-0.2, -0.15) is 0 Å². The highest BCUT2D eigenvalue weighted by molar-refractivity contribution is 7.10. The van der Waals surface area contributed by atoms with Crippen molar-refractivity contribution >= 4 is 11.3 Å². The third-order valence-electron chi connectivity index (χ3n) is 3.94. The number of thiophene rings is 1. The number of aliphatic hydroxyl groups is 1. The summed E-state index contributed by atoms with van der Waals surface area (Å²) < 4.78 is 0. The number of β-amino-alcohol motifs (C(OH)–C–C–N with tert-alkyl or cyclic N) is 1. The fourth-order valence-electron chi connectivity index (χ4n) is 3.05. The topological polar surface area (TPSA) is 23.5 Å². The highest BCUT2D eigenvalue weighted by Gasteiger charge is 2.33. The zero-order chi connectivity index (χ0) is 11.0. The van der Waals surface area contributed by atoms with Crippen LogP contribution in [0.5, 0.6) is 0 Å². The molecule has 0 atom stereocenters. The second-order valence-corrected chi connectivity index (χ2v) is 6.26. The molecule has 1 N–H and O–H groups in total. The van der Waals surface area contributed by atoms with Crippen molar-refractivity contribution in [2.75, 3.05) is 13.1 Å². The molecule has 1 aliphatic heterocycles. The summed E-state index contributed by atoms with van der Waals surface area (Å²) >= 11 is 1.88. The molecule has 1 aromatic rings. The van der Waals surface area contributed by atoms with Crippen molar-refractivity contribution in [2.24, 2.45) is 0 Å². The van der Waals surface area contributed by atoms with E-state index < -0.39 is 0 Å². The summed E-state index contributed by atoms with van der Waals surface area (Å²) in [5, 5.41) is 12.6. The van der Waals surface area contributed by atoms with Crippen molar-refractivity contribution in [3.05, 3.63) is 21.9 Å². The molecule has 16 heavy (non-hydrogen) atoms. The molecule has 88 valence electrons. The Kier molecular flexibility index (Phi) is 2.78. The predicted octanol–water partition coefficient (Wildman–Crippen LogP) is 2.41. The Morgan fingerprint density at radius 2 is 2.19 bits per heavy atom. The Labute approximate surface area is 101 Å². The molecule has 0 aromatic carbocycles. The molecule has 2 nitrogen and oxygen atoms in total. The Balaban J connectivity index is 1.65. The minimum Gasteiger partial charge on any atom is -0.389 e. The summed E-state index contributed by atoms with van der Waals surface area (Å²) in [5.74, 6) is 0. The van der Waals surface area contributed by atoms with Gasteiger partial charge in [0.2, 0.25) is 0 Å². The molecular weight excluding hydrogens is 218 g/mol. The molecular formula is C13H19NOS. The first kappa shape index (κ1) is 10.8. The Morgan fingerprint density at radius 1 is 1.38 bits per heavy atom. The quantitative estimate of drug-likeness (QED) is 0.854. The molecule has 3 heteroatoms. The van der Waals surface area contributed by atoms with Crippen LogP contribution in [0.25, 0.3) is 0 Å². The first-order valence-corrected chi connectivity index (χ1v) is 7.13. The van der Waals surface area contributed by atoms with Crippen LogP contribution >= 0.6 is 11.3 Å². The minimum atomic E-state index is -0.381. The molecule has 0 bridgehead atoms. The minimum absolute atomic E-state index is 0.381. The number of hydrogen-bond donors (Lipinski definition) is 1. The Bertz CT molecular complexity index is 368. The van der Waals surface area contributed by atoms with E-state index in [2.05, 4.69) is 16.3 Å². The lowest BCUT2D eigenvalue weighted by Crippen LogP contribution is -2.43. The largest absolute Gasteiger partial charge is 0.389 e. The van der Waals surface area contributed by atoms with Crippen LogP contribution in [0, 0.1) is 0 Å². The van der Waals surface area contributed by atoms with E-state index >= 15 is 0 Å². The van der Waals surface area contributed by atoms with Crippen molar-refractivity contribution in [3.8, 4) is 0 Å². The van der Waals surface area contributed by atoms with Gasteiger partial charge in [-0.3, -0.25) is 4.90 Å². The number of hydrogen-bond acceptors (Lipinski definition) is 3. The lowest BCUT2D eigenvalue weighted by Gasteiger charge is -2.33. The predicted molar refractivity (Wildman–Crippen MR) is 66.7 cm³/mol. The molecule has 1 fully saturated rings.